The maximum absolute atomic E-state index is 13.9. The molecular formula is C17H19F2N3O. The average molecular weight is 319 g/mol. The molecule has 1 aliphatic rings. The summed E-state index contributed by atoms with van der Waals surface area (Å²) >= 11 is 0. The molecule has 0 saturated carbocycles. The van der Waals surface area contributed by atoms with Crippen molar-refractivity contribution in [2.45, 2.75) is 32.7 Å². The second-order valence-electron chi connectivity index (χ2n) is 6.02. The summed E-state index contributed by atoms with van der Waals surface area (Å²) in [5.41, 5.74) is 1.76. The molecule has 0 N–H and O–H groups in total. The zero-order valence-corrected chi connectivity index (χ0v) is 13.2. The van der Waals surface area contributed by atoms with E-state index >= 15 is 0 Å². The van der Waals surface area contributed by atoms with Crippen LogP contribution in [0.4, 0.5) is 8.78 Å². The summed E-state index contributed by atoms with van der Waals surface area (Å²) in [5, 5.41) is 4.48. The van der Waals surface area contributed by atoms with Crippen LogP contribution in [0.2, 0.25) is 0 Å². The normalized spacial score (nSPS) is 18.3. The smallest absolute Gasteiger partial charge is 0.257 e. The van der Waals surface area contributed by atoms with Crippen molar-refractivity contribution in [2.24, 2.45) is 0 Å². The summed E-state index contributed by atoms with van der Waals surface area (Å²) in [4.78, 5) is 14.1. The van der Waals surface area contributed by atoms with Gasteiger partial charge in [-0.1, -0.05) is 6.07 Å². The highest BCUT2D eigenvalue weighted by Crippen LogP contribution is 2.25. The maximum atomic E-state index is 13.9. The summed E-state index contributed by atoms with van der Waals surface area (Å²) in [5.74, 6) is -2.54. The van der Waals surface area contributed by atoms with Crippen LogP contribution in [0.1, 0.15) is 40.6 Å². The van der Waals surface area contributed by atoms with Gasteiger partial charge in [0.2, 0.25) is 0 Å². The van der Waals surface area contributed by atoms with Crippen molar-refractivity contribution < 1.29 is 13.6 Å². The molecule has 2 heterocycles. The van der Waals surface area contributed by atoms with Crippen molar-refractivity contribution in [3.05, 3.63) is 52.9 Å². The lowest BCUT2D eigenvalue weighted by molar-refractivity contribution is 0.0665. The quantitative estimate of drug-likeness (QED) is 0.852. The third-order valence-corrected chi connectivity index (χ3v) is 4.26. The molecule has 1 unspecified atom stereocenters. The van der Waals surface area contributed by atoms with E-state index in [1.54, 1.807) is 4.90 Å². The fourth-order valence-electron chi connectivity index (χ4n) is 3.19. The van der Waals surface area contributed by atoms with E-state index in [4.69, 9.17) is 0 Å². The molecule has 0 aliphatic carbocycles. The first-order valence-corrected chi connectivity index (χ1v) is 7.73. The van der Waals surface area contributed by atoms with E-state index in [-0.39, 0.29) is 11.6 Å². The number of aromatic nitrogens is 2. The van der Waals surface area contributed by atoms with Crippen molar-refractivity contribution in [2.75, 3.05) is 13.1 Å². The molecule has 4 nitrogen and oxygen atoms in total. The van der Waals surface area contributed by atoms with E-state index in [9.17, 15) is 13.6 Å². The number of benzene rings is 1. The van der Waals surface area contributed by atoms with Gasteiger partial charge in [-0.3, -0.25) is 9.48 Å². The van der Waals surface area contributed by atoms with Crippen LogP contribution in [-0.4, -0.2) is 33.7 Å². The van der Waals surface area contributed by atoms with Gasteiger partial charge in [0.15, 0.2) is 11.6 Å². The van der Waals surface area contributed by atoms with Gasteiger partial charge >= 0.3 is 0 Å². The number of halogens is 2. The SMILES string of the molecule is Cc1cc(C)n(C2CCCN(C(=O)c3cccc(F)c3F)C2)n1. The number of hydrogen-bond acceptors (Lipinski definition) is 2. The molecule has 1 atom stereocenters. The highest BCUT2D eigenvalue weighted by Gasteiger charge is 2.28. The topological polar surface area (TPSA) is 38.1 Å². The monoisotopic (exact) mass is 319 g/mol. The van der Waals surface area contributed by atoms with Gasteiger partial charge in [-0.25, -0.2) is 8.78 Å². The van der Waals surface area contributed by atoms with Gasteiger partial charge in [0, 0.05) is 18.8 Å². The Morgan fingerprint density at radius 3 is 2.78 bits per heavy atom. The molecule has 0 spiro atoms. The third-order valence-electron chi connectivity index (χ3n) is 4.26. The third kappa shape index (κ3) is 2.98. The van der Waals surface area contributed by atoms with Gasteiger partial charge in [0.1, 0.15) is 0 Å². The Hall–Kier alpha value is -2.24. The number of carbonyl (C=O) groups is 1. The van der Waals surface area contributed by atoms with Crippen molar-refractivity contribution in [1.82, 2.24) is 14.7 Å². The van der Waals surface area contributed by atoms with Crippen molar-refractivity contribution in [3.8, 4) is 0 Å². The predicted molar refractivity (Wildman–Crippen MR) is 82.2 cm³/mol. The van der Waals surface area contributed by atoms with Gasteiger partial charge in [-0.15, -0.1) is 0 Å². The zero-order chi connectivity index (χ0) is 16.6. The molecule has 1 aromatic heterocycles. The van der Waals surface area contributed by atoms with Crippen molar-refractivity contribution in [3.63, 3.8) is 0 Å². The van der Waals surface area contributed by atoms with E-state index in [0.29, 0.717) is 13.1 Å². The van der Waals surface area contributed by atoms with Crippen molar-refractivity contribution >= 4 is 5.91 Å². The van der Waals surface area contributed by atoms with E-state index in [1.807, 2.05) is 24.6 Å². The van der Waals surface area contributed by atoms with Crippen LogP contribution in [-0.2, 0) is 0 Å². The molecule has 122 valence electrons. The second kappa shape index (κ2) is 6.10. The Balaban J connectivity index is 1.82. The lowest BCUT2D eigenvalue weighted by Gasteiger charge is -2.33. The van der Waals surface area contributed by atoms with E-state index < -0.39 is 17.5 Å². The highest BCUT2D eigenvalue weighted by atomic mass is 19.2. The molecular weight excluding hydrogens is 300 g/mol. The van der Waals surface area contributed by atoms with Crippen LogP contribution in [0.15, 0.2) is 24.3 Å². The first kappa shape index (κ1) is 15.6. The molecule has 0 radical (unpaired) electrons. The minimum atomic E-state index is -1.08. The first-order valence-electron chi connectivity index (χ1n) is 7.73. The largest absolute Gasteiger partial charge is 0.336 e. The standard InChI is InChI=1S/C17H19F2N3O/c1-11-9-12(2)22(20-11)13-5-4-8-21(10-13)17(23)14-6-3-7-15(18)16(14)19/h3,6-7,9,13H,4-5,8,10H2,1-2H3. The number of hydrogen-bond donors (Lipinski definition) is 0. The Bertz CT molecular complexity index is 741. The number of aryl methyl sites for hydroxylation is 2. The molecule has 1 aromatic carbocycles. The Labute approximate surface area is 133 Å². The van der Waals surface area contributed by atoms with Crippen LogP contribution in [0.25, 0.3) is 0 Å². The fourth-order valence-corrected chi connectivity index (χ4v) is 3.19. The number of rotatable bonds is 2. The number of nitrogens with zero attached hydrogens (tertiary/aromatic N) is 3. The second-order valence-corrected chi connectivity index (χ2v) is 6.02. The molecule has 1 amide bonds. The zero-order valence-electron chi connectivity index (χ0n) is 13.2. The highest BCUT2D eigenvalue weighted by molar-refractivity contribution is 5.94. The molecule has 23 heavy (non-hydrogen) atoms. The predicted octanol–water partition coefficient (Wildman–Crippen LogP) is 3.26. The summed E-state index contributed by atoms with van der Waals surface area (Å²) in [6.07, 6.45) is 1.73. The Kier molecular flexibility index (Phi) is 4.15. The number of piperidine rings is 1. The molecule has 1 aliphatic heterocycles. The van der Waals surface area contributed by atoms with E-state index in [0.717, 1.165) is 30.3 Å². The number of amides is 1. The van der Waals surface area contributed by atoms with E-state index in [1.165, 1.54) is 12.1 Å². The minimum absolute atomic E-state index is 0.0676. The van der Waals surface area contributed by atoms with Crippen LogP contribution in [0.5, 0.6) is 0 Å². The fraction of sp³-hybridized carbons (Fsp3) is 0.412. The van der Waals surface area contributed by atoms with E-state index in [2.05, 4.69) is 5.10 Å². The summed E-state index contributed by atoms with van der Waals surface area (Å²) in [6.45, 7) is 4.91. The summed E-state index contributed by atoms with van der Waals surface area (Å²) in [7, 11) is 0. The summed E-state index contributed by atoms with van der Waals surface area (Å²) < 4.78 is 29.1. The number of carbonyl (C=O) groups excluding carboxylic acids is 1. The molecule has 1 saturated heterocycles. The van der Waals surface area contributed by atoms with Gasteiger partial charge < -0.3 is 4.90 Å². The Morgan fingerprint density at radius 2 is 2.09 bits per heavy atom. The van der Waals surface area contributed by atoms with Crippen molar-refractivity contribution in [1.29, 1.82) is 0 Å². The van der Waals surface area contributed by atoms with Crippen LogP contribution < -0.4 is 0 Å². The minimum Gasteiger partial charge on any atom is -0.336 e. The molecule has 6 heteroatoms. The first-order chi connectivity index (χ1) is 11.0. The van der Waals surface area contributed by atoms with Gasteiger partial charge in [0.25, 0.3) is 5.91 Å². The average Bonchev–Trinajstić information content (AvgIpc) is 2.88. The van der Waals surface area contributed by atoms with Gasteiger partial charge in [-0.05, 0) is 44.9 Å². The Morgan fingerprint density at radius 1 is 1.30 bits per heavy atom. The number of likely N-dealkylation sites (tertiary alicyclic amines) is 1. The van der Waals surface area contributed by atoms with Crippen LogP contribution in [0.3, 0.4) is 0 Å². The van der Waals surface area contributed by atoms with Gasteiger partial charge in [-0.2, -0.15) is 5.10 Å². The molecule has 0 bridgehead atoms. The maximum Gasteiger partial charge on any atom is 0.257 e. The van der Waals surface area contributed by atoms with Crippen LogP contribution >= 0.6 is 0 Å². The molecule has 3 rings (SSSR count). The van der Waals surface area contributed by atoms with Gasteiger partial charge in [0.05, 0.1) is 17.3 Å². The lowest BCUT2D eigenvalue weighted by atomic mass is 10.0. The summed E-state index contributed by atoms with van der Waals surface area (Å²) in [6, 6.07) is 5.76. The van der Waals surface area contributed by atoms with Crippen LogP contribution in [0, 0.1) is 25.5 Å². The molecule has 1 fully saturated rings. The lowest BCUT2D eigenvalue weighted by Crippen LogP contribution is -2.41. The molecule has 2 aromatic rings.